The van der Waals surface area contributed by atoms with E-state index in [0.29, 0.717) is 22.4 Å². The zero-order chi connectivity index (χ0) is 19.9. The van der Waals surface area contributed by atoms with Gasteiger partial charge in [-0.05, 0) is 24.3 Å². The fourth-order valence-corrected chi connectivity index (χ4v) is 2.96. The lowest BCUT2D eigenvalue weighted by Crippen LogP contribution is -2.08. The number of hydrogen-bond acceptors (Lipinski definition) is 3. The summed E-state index contributed by atoms with van der Waals surface area (Å²) in [5.41, 5.74) is 0.957. The third-order valence-corrected chi connectivity index (χ3v) is 4.29. The Morgan fingerprint density at radius 3 is 2.50 bits per heavy atom. The van der Waals surface area contributed by atoms with Crippen molar-refractivity contribution in [2.75, 3.05) is 0 Å². The van der Waals surface area contributed by atoms with Crippen molar-refractivity contribution >= 4 is 5.65 Å². The second-order valence-electron chi connectivity index (χ2n) is 6.00. The molecule has 4 nitrogen and oxygen atoms in total. The van der Waals surface area contributed by atoms with Gasteiger partial charge in [-0.3, -0.25) is 4.40 Å². The van der Waals surface area contributed by atoms with Crippen LogP contribution in [0.2, 0.25) is 0 Å². The van der Waals surface area contributed by atoms with Gasteiger partial charge in [-0.15, -0.1) is 0 Å². The predicted octanol–water partition coefficient (Wildman–Crippen LogP) is 5.09. The van der Waals surface area contributed by atoms with Gasteiger partial charge in [0, 0.05) is 22.8 Å². The van der Waals surface area contributed by atoms with E-state index in [2.05, 4.69) is 9.97 Å². The van der Waals surface area contributed by atoms with E-state index in [0.717, 1.165) is 12.4 Å². The van der Waals surface area contributed by atoms with E-state index in [9.17, 15) is 22.8 Å². The molecule has 138 valence electrons. The van der Waals surface area contributed by atoms with Crippen molar-refractivity contribution in [3.63, 3.8) is 0 Å². The number of halogens is 4. The summed E-state index contributed by atoms with van der Waals surface area (Å²) in [6.45, 7) is 0. The number of rotatable bonds is 2. The summed E-state index contributed by atoms with van der Waals surface area (Å²) in [6.07, 6.45) is -2.14. The summed E-state index contributed by atoms with van der Waals surface area (Å²) >= 11 is 0. The molecule has 0 bridgehead atoms. The highest BCUT2D eigenvalue weighted by Gasteiger charge is 2.33. The van der Waals surface area contributed by atoms with E-state index in [1.54, 1.807) is 24.3 Å². The van der Waals surface area contributed by atoms with E-state index in [-0.39, 0.29) is 11.2 Å². The Bertz CT molecular complexity index is 1240. The van der Waals surface area contributed by atoms with Crippen molar-refractivity contribution in [2.45, 2.75) is 6.18 Å². The summed E-state index contributed by atoms with van der Waals surface area (Å²) in [5, 5.41) is 9.27. The molecule has 0 radical (unpaired) electrons. The normalized spacial score (nSPS) is 11.5. The largest absolute Gasteiger partial charge is 0.433 e. The van der Waals surface area contributed by atoms with Crippen LogP contribution in [0.3, 0.4) is 0 Å². The first kappa shape index (κ1) is 17.7. The van der Waals surface area contributed by atoms with E-state index in [4.69, 9.17) is 0 Å². The summed E-state index contributed by atoms with van der Waals surface area (Å²) < 4.78 is 54.3. The van der Waals surface area contributed by atoms with E-state index in [1.165, 1.54) is 28.8 Å². The average molecular weight is 382 g/mol. The molecule has 0 N–H and O–H groups in total. The molecule has 2 aromatic carbocycles. The molecule has 0 saturated heterocycles. The molecule has 0 aliphatic carbocycles. The molecule has 2 aromatic heterocycles. The minimum absolute atomic E-state index is 0.0700. The third kappa shape index (κ3) is 2.97. The Morgan fingerprint density at radius 2 is 1.75 bits per heavy atom. The number of imidazole rings is 1. The third-order valence-electron chi connectivity index (χ3n) is 4.29. The van der Waals surface area contributed by atoms with Crippen LogP contribution in [0, 0.1) is 17.1 Å². The minimum Gasteiger partial charge on any atom is -0.283 e. The van der Waals surface area contributed by atoms with Crippen LogP contribution in [0.15, 0.2) is 61.1 Å². The van der Waals surface area contributed by atoms with Crippen molar-refractivity contribution in [3.05, 3.63) is 78.1 Å². The Balaban J connectivity index is 1.86. The molecule has 8 heteroatoms. The van der Waals surface area contributed by atoms with Gasteiger partial charge in [0.1, 0.15) is 23.5 Å². The molecule has 0 amide bonds. The molecule has 4 rings (SSSR count). The molecule has 2 heterocycles. The first-order chi connectivity index (χ1) is 13.4. The highest BCUT2D eigenvalue weighted by Crippen LogP contribution is 2.32. The molecule has 0 saturated carbocycles. The standard InChI is InChI=1S/C20H10F4N4/c21-16-6-5-12(7-15(16)14-4-2-1-3-13(14)9-25)17-10-26-19-8-18(20(22,23)24)27-11-28(17)19/h1-8,10-11H. The molecule has 0 fully saturated rings. The summed E-state index contributed by atoms with van der Waals surface area (Å²) in [4.78, 5) is 7.45. The van der Waals surface area contributed by atoms with Gasteiger partial charge >= 0.3 is 6.18 Å². The van der Waals surface area contributed by atoms with Gasteiger partial charge in [0.15, 0.2) is 0 Å². The average Bonchev–Trinajstić information content (AvgIpc) is 3.11. The molecule has 0 spiro atoms. The maximum atomic E-state index is 14.4. The van der Waals surface area contributed by atoms with Crippen LogP contribution in [-0.2, 0) is 6.18 Å². The van der Waals surface area contributed by atoms with Gasteiger partial charge in [-0.2, -0.15) is 18.4 Å². The fraction of sp³-hybridized carbons (Fsp3) is 0.0500. The summed E-state index contributed by atoms with van der Waals surface area (Å²) in [5.74, 6) is -0.516. The number of fused-ring (bicyclic) bond motifs is 1. The van der Waals surface area contributed by atoms with Crippen LogP contribution < -0.4 is 0 Å². The van der Waals surface area contributed by atoms with Crippen LogP contribution in [0.5, 0.6) is 0 Å². The highest BCUT2D eigenvalue weighted by atomic mass is 19.4. The monoisotopic (exact) mass is 382 g/mol. The number of aromatic nitrogens is 3. The zero-order valence-electron chi connectivity index (χ0n) is 14.1. The summed E-state index contributed by atoms with van der Waals surface area (Å²) in [7, 11) is 0. The van der Waals surface area contributed by atoms with Crippen molar-refractivity contribution < 1.29 is 17.6 Å². The van der Waals surface area contributed by atoms with Crippen LogP contribution in [0.25, 0.3) is 28.0 Å². The number of benzene rings is 2. The maximum absolute atomic E-state index is 14.4. The van der Waals surface area contributed by atoms with Crippen LogP contribution >= 0.6 is 0 Å². The smallest absolute Gasteiger partial charge is 0.283 e. The SMILES string of the molecule is N#Cc1ccccc1-c1cc(-c2cnc3cc(C(F)(F)F)ncn23)ccc1F. The van der Waals surface area contributed by atoms with Gasteiger partial charge in [0.05, 0.1) is 23.5 Å². The number of alkyl halides is 3. The molecule has 0 unspecified atom stereocenters. The van der Waals surface area contributed by atoms with Crippen LogP contribution in [0.4, 0.5) is 17.6 Å². The number of nitrogens with zero attached hydrogens (tertiary/aromatic N) is 4. The molecule has 0 aliphatic heterocycles. The zero-order valence-corrected chi connectivity index (χ0v) is 14.1. The van der Waals surface area contributed by atoms with Gasteiger partial charge in [0.25, 0.3) is 0 Å². The maximum Gasteiger partial charge on any atom is 0.433 e. The molecular formula is C20H10F4N4. The van der Waals surface area contributed by atoms with E-state index >= 15 is 0 Å². The van der Waals surface area contributed by atoms with Crippen LogP contribution in [-0.4, -0.2) is 14.4 Å². The lowest BCUT2D eigenvalue weighted by atomic mass is 9.97. The quantitative estimate of drug-likeness (QED) is 0.454. The van der Waals surface area contributed by atoms with Crippen molar-refractivity contribution in [3.8, 4) is 28.5 Å². The lowest BCUT2D eigenvalue weighted by Gasteiger charge is -2.09. The predicted molar refractivity (Wildman–Crippen MR) is 93.5 cm³/mol. The fourth-order valence-electron chi connectivity index (χ4n) is 2.96. The first-order valence-corrected chi connectivity index (χ1v) is 8.08. The van der Waals surface area contributed by atoms with Crippen molar-refractivity contribution in [1.29, 1.82) is 5.26 Å². The van der Waals surface area contributed by atoms with E-state index in [1.807, 2.05) is 6.07 Å². The number of nitriles is 1. The molecule has 28 heavy (non-hydrogen) atoms. The number of hydrogen-bond donors (Lipinski definition) is 0. The lowest BCUT2D eigenvalue weighted by molar-refractivity contribution is -0.141. The Morgan fingerprint density at radius 1 is 0.964 bits per heavy atom. The second kappa shape index (κ2) is 6.46. The molecule has 0 atom stereocenters. The molecule has 4 aromatic rings. The highest BCUT2D eigenvalue weighted by molar-refractivity contribution is 5.76. The Labute approximate surface area is 156 Å². The Kier molecular flexibility index (Phi) is 4.08. The minimum atomic E-state index is -4.57. The summed E-state index contributed by atoms with van der Waals surface area (Å²) in [6, 6.07) is 13.7. The van der Waals surface area contributed by atoms with Crippen LogP contribution in [0.1, 0.15) is 11.3 Å². The molecular weight excluding hydrogens is 372 g/mol. The van der Waals surface area contributed by atoms with Gasteiger partial charge in [0.2, 0.25) is 0 Å². The van der Waals surface area contributed by atoms with E-state index < -0.39 is 17.7 Å². The molecule has 0 aliphatic rings. The first-order valence-electron chi connectivity index (χ1n) is 8.08. The Hall–Kier alpha value is -3.73. The van der Waals surface area contributed by atoms with Gasteiger partial charge in [-0.25, -0.2) is 14.4 Å². The van der Waals surface area contributed by atoms with Gasteiger partial charge < -0.3 is 0 Å². The van der Waals surface area contributed by atoms with Crippen molar-refractivity contribution in [2.24, 2.45) is 0 Å². The topological polar surface area (TPSA) is 54.0 Å². The second-order valence-corrected chi connectivity index (χ2v) is 6.00. The van der Waals surface area contributed by atoms with Crippen molar-refractivity contribution in [1.82, 2.24) is 14.4 Å². The van der Waals surface area contributed by atoms with Gasteiger partial charge in [-0.1, -0.05) is 18.2 Å².